The van der Waals surface area contributed by atoms with Gasteiger partial charge in [-0.1, -0.05) is 0 Å². The summed E-state index contributed by atoms with van der Waals surface area (Å²) in [5.41, 5.74) is 5.75. The molecule has 0 aromatic carbocycles. The quantitative estimate of drug-likeness (QED) is 0.638. The summed E-state index contributed by atoms with van der Waals surface area (Å²) >= 11 is 0. The Balaban J connectivity index is 0.00000324. The Morgan fingerprint density at radius 1 is 1.26 bits per heavy atom. The van der Waals surface area contributed by atoms with Crippen molar-refractivity contribution in [2.75, 3.05) is 53.6 Å². The van der Waals surface area contributed by atoms with Crippen LogP contribution in [0, 0.1) is 0 Å². The minimum absolute atomic E-state index is 0. The lowest BCUT2D eigenvalue weighted by molar-refractivity contribution is 0.147. The molecule has 1 aliphatic heterocycles. The van der Waals surface area contributed by atoms with Crippen LogP contribution in [0.25, 0.3) is 0 Å². The van der Waals surface area contributed by atoms with Crippen LogP contribution in [0.2, 0.25) is 0 Å². The van der Waals surface area contributed by atoms with Crippen LogP contribution < -0.4 is 5.73 Å². The van der Waals surface area contributed by atoms with Gasteiger partial charge in [-0.05, 0) is 6.42 Å². The normalized spacial score (nSPS) is 20.7. The largest absolute Gasteiger partial charge is 0.383 e. The molecule has 1 fully saturated rings. The van der Waals surface area contributed by atoms with Gasteiger partial charge >= 0.3 is 0 Å². The van der Waals surface area contributed by atoms with Crippen molar-refractivity contribution >= 4 is 22.6 Å². The number of hydrogen-bond acceptors (Lipinski definition) is 5. The van der Waals surface area contributed by atoms with Gasteiger partial charge in [-0.15, -0.1) is 12.4 Å². The van der Waals surface area contributed by atoms with E-state index in [-0.39, 0.29) is 18.4 Å². The van der Waals surface area contributed by atoms with Gasteiger partial charge in [-0.25, -0.2) is 0 Å². The Kier molecular flexibility index (Phi) is 9.08. The van der Waals surface area contributed by atoms with Crippen molar-refractivity contribution in [3.05, 3.63) is 0 Å². The summed E-state index contributed by atoms with van der Waals surface area (Å²) in [5, 5.41) is 0. The fourth-order valence-electron chi connectivity index (χ4n) is 1.86. The van der Waals surface area contributed by atoms with Gasteiger partial charge in [0.05, 0.1) is 13.2 Å². The maximum atomic E-state index is 12.4. The van der Waals surface area contributed by atoms with E-state index in [0.717, 1.165) is 0 Å². The molecule has 1 atom stereocenters. The summed E-state index contributed by atoms with van der Waals surface area (Å²) in [6, 6.07) is -0.0634. The SMILES string of the molecule is COCCN(CCOC)S(=O)(=O)N1CC[C@@H](N)C1.Cl. The third-order valence-corrected chi connectivity index (χ3v) is 4.93. The van der Waals surface area contributed by atoms with Gasteiger partial charge in [0.2, 0.25) is 0 Å². The number of nitrogens with zero attached hydrogens (tertiary/aromatic N) is 2. The molecule has 9 heteroatoms. The summed E-state index contributed by atoms with van der Waals surface area (Å²) in [6.45, 7) is 2.26. The Labute approximate surface area is 121 Å². The van der Waals surface area contributed by atoms with E-state index >= 15 is 0 Å². The molecule has 0 spiro atoms. The molecule has 1 saturated heterocycles. The molecule has 7 nitrogen and oxygen atoms in total. The van der Waals surface area contributed by atoms with E-state index < -0.39 is 10.2 Å². The van der Waals surface area contributed by atoms with E-state index in [1.165, 1.54) is 8.61 Å². The van der Waals surface area contributed by atoms with Crippen LogP contribution in [0.4, 0.5) is 0 Å². The van der Waals surface area contributed by atoms with Gasteiger partial charge in [0, 0.05) is 46.4 Å². The molecule has 0 aliphatic carbocycles. The van der Waals surface area contributed by atoms with E-state index in [1.807, 2.05) is 0 Å². The zero-order valence-corrected chi connectivity index (χ0v) is 13.1. The molecule has 1 rings (SSSR count). The lowest BCUT2D eigenvalue weighted by Gasteiger charge is -2.26. The summed E-state index contributed by atoms with van der Waals surface area (Å²) < 4.78 is 37.5. The highest BCUT2D eigenvalue weighted by molar-refractivity contribution is 7.86. The minimum atomic E-state index is -3.45. The Morgan fingerprint density at radius 2 is 1.79 bits per heavy atom. The molecule has 0 saturated carbocycles. The number of ether oxygens (including phenoxy) is 2. The highest BCUT2D eigenvalue weighted by atomic mass is 35.5. The number of nitrogens with two attached hydrogens (primary N) is 1. The molecule has 0 radical (unpaired) electrons. The van der Waals surface area contributed by atoms with E-state index in [0.29, 0.717) is 45.8 Å². The fourth-order valence-corrected chi connectivity index (χ4v) is 3.51. The summed E-state index contributed by atoms with van der Waals surface area (Å²) in [4.78, 5) is 0. The van der Waals surface area contributed by atoms with Crippen molar-refractivity contribution < 1.29 is 17.9 Å². The number of methoxy groups -OCH3 is 2. The Hall–Kier alpha value is 0.0400. The molecule has 0 amide bonds. The molecular formula is C10H24ClN3O4S. The predicted octanol–water partition coefficient (Wildman–Crippen LogP) is -0.719. The van der Waals surface area contributed by atoms with Gasteiger partial charge in [0.15, 0.2) is 0 Å². The smallest absolute Gasteiger partial charge is 0.282 e. The van der Waals surface area contributed by atoms with Crippen LogP contribution in [0.15, 0.2) is 0 Å². The first kappa shape index (κ1) is 19.0. The van der Waals surface area contributed by atoms with Crippen LogP contribution in [-0.4, -0.2) is 76.7 Å². The van der Waals surface area contributed by atoms with Gasteiger partial charge in [-0.3, -0.25) is 0 Å². The van der Waals surface area contributed by atoms with Gasteiger partial charge in [-0.2, -0.15) is 17.0 Å². The predicted molar refractivity (Wildman–Crippen MR) is 75.7 cm³/mol. The fraction of sp³-hybridized carbons (Fsp3) is 1.00. The summed E-state index contributed by atoms with van der Waals surface area (Å²) in [6.07, 6.45) is 0.710. The molecule has 1 heterocycles. The molecule has 0 aromatic rings. The number of hydrogen-bond donors (Lipinski definition) is 1. The van der Waals surface area contributed by atoms with E-state index in [2.05, 4.69) is 0 Å². The monoisotopic (exact) mass is 317 g/mol. The molecule has 19 heavy (non-hydrogen) atoms. The van der Waals surface area contributed by atoms with Gasteiger partial charge in [0.1, 0.15) is 0 Å². The Bertz CT molecular complexity index is 334. The third kappa shape index (κ3) is 5.50. The second-order valence-electron chi connectivity index (χ2n) is 4.30. The van der Waals surface area contributed by atoms with Gasteiger partial charge in [0.25, 0.3) is 10.2 Å². The minimum Gasteiger partial charge on any atom is -0.383 e. The maximum Gasteiger partial charge on any atom is 0.282 e. The lowest BCUT2D eigenvalue weighted by atomic mass is 10.3. The van der Waals surface area contributed by atoms with Gasteiger partial charge < -0.3 is 15.2 Å². The van der Waals surface area contributed by atoms with E-state index in [4.69, 9.17) is 15.2 Å². The molecule has 0 bridgehead atoms. The first-order valence-electron chi connectivity index (χ1n) is 6.01. The average Bonchev–Trinajstić information content (AvgIpc) is 2.76. The molecule has 2 N–H and O–H groups in total. The zero-order chi connectivity index (χ0) is 13.6. The van der Waals surface area contributed by atoms with E-state index in [1.54, 1.807) is 14.2 Å². The first-order valence-corrected chi connectivity index (χ1v) is 7.40. The molecule has 0 aromatic heterocycles. The van der Waals surface area contributed by atoms with Crippen LogP contribution in [-0.2, 0) is 19.7 Å². The number of rotatable bonds is 8. The zero-order valence-electron chi connectivity index (χ0n) is 11.4. The second-order valence-corrected chi connectivity index (χ2v) is 6.23. The van der Waals surface area contributed by atoms with E-state index in [9.17, 15) is 8.42 Å². The van der Waals surface area contributed by atoms with Crippen molar-refractivity contribution in [2.45, 2.75) is 12.5 Å². The van der Waals surface area contributed by atoms with Crippen molar-refractivity contribution in [1.29, 1.82) is 0 Å². The van der Waals surface area contributed by atoms with Crippen molar-refractivity contribution in [1.82, 2.24) is 8.61 Å². The average molecular weight is 318 g/mol. The molecule has 116 valence electrons. The van der Waals surface area contributed by atoms with Crippen LogP contribution in [0.3, 0.4) is 0 Å². The topological polar surface area (TPSA) is 85.1 Å². The highest BCUT2D eigenvalue weighted by Gasteiger charge is 2.33. The van der Waals surface area contributed by atoms with Crippen molar-refractivity contribution in [2.24, 2.45) is 5.73 Å². The second kappa shape index (κ2) is 9.06. The summed E-state index contributed by atoms with van der Waals surface area (Å²) in [5.74, 6) is 0. The standard InChI is InChI=1S/C10H23N3O4S.ClH/c1-16-7-5-12(6-8-17-2)18(14,15)13-4-3-10(11)9-13;/h10H,3-9,11H2,1-2H3;1H/t10-;/m1./s1. The van der Waals surface area contributed by atoms with Crippen molar-refractivity contribution in [3.8, 4) is 0 Å². The molecular weight excluding hydrogens is 294 g/mol. The molecule has 1 aliphatic rings. The number of halogens is 1. The Morgan fingerprint density at radius 3 is 2.16 bits per heavy atom. The van der Waals surface area contributed by atoms with Crippen LogP contribution in [0.5, 0.6) is 0 Å². The maximum absolute atomic E-state index is 12.4. The third-order valence-electron chi connectivity index (χ3n) is 2.93. The van der Waals surface area contributed by atoms with Crippen LogP contribution in [0.1, 0.15) is 6.42 Å². The van der Waals surface area contributed by atoms with Crippen molar-refractivity contribution in [3.63, 3.8) is 0 Å². The highest BCUT2D eigenvalue weighted by Crippen LogP contribution is 2.15. The van der Waals surface area contributed by atoms with Crippen LogP contribution >= 0.6 is 12.4 Å². The first-order chi connectivity index (χ1) is 8.52. The summed E-state index contributed by atoms with van der Waals surface area (Å²) in [7, 11) is -0.355. The molecule has 0 unspecified atom stereocenters. The lowest BCUT2D eigenvalue weighted by Crippen LogP contribution is -2.46.